The van der Waals surface area contributed by atoms with Gasteiger partial charge in [-0.3, -0.25) is 4.79 Å². The van der Waals surface area contributed by atoms with E-state index in [9.17, 15) is 9.18 Å². The molecule has 0 saturated carbocycles. The number of rotatable bonds is 3. The van der Waals surface area contributed by atoms with Crippen LogP contribution in [-0.2, 0) is 0 Å². The van der Waals surface area contributed by atoms with Crippen LogP contribution in [0, 0.1) is 5.82 Å². The van der Waals surface area contributed by atoms with Crippen molar-refractivity contribution in [3.8, 4) is 0 Å². The molecular formula is C13H16BrFN2O. The summed E-state index contributed by atoms with van der Waals surface area (Å²) in [5.74, 6) is -0.367. The SMILES string of the molecule is CNCC1CCCN1C(=O)c1ccc(F)c(Br)c1. The first-order valence-electron chi connectivity index (χ1n) is 6.04. The van der Waals surface area contributed by atoms with E-state index in [2.05, 4.69) is 21.2 Å². The molecule has 1 fully saturated rings. The van der Waals surface area contributed by atoms with Crippen LogP contribution in [0.4, 0.5) is 4.39 Å². The van der Waals surface area contributed by atoms with Crippen LogP contribution in [-0.4, -0.2) is 37.0 Å². The van der Waals surface area contributed by atoms with Gasteiger partial charge >= 0.3 is 0 Å². The molecule has 18 heavy (non-hydrogen) atoms. The fourth-order valence-electron chi connectivity index (χ4n) is 2.35. The Hall–Kier alpha value is -0.940. The van der Waals surface area contributed by atoms with Crippen LogP contribution in [0.15, 0.2) is 22.7 Å². The summed E-state index contributed by atoms with van der Waals surface area (Å²) in [6.45, 7) is 1.58. The third-order valence-corrected chi connectivity index (χ3v) is 3.85. The molecule has 3 nitrogen and oxygen atoms in total. The maximum Gasteiger partial charge on any atom is 0.254 e. The van der Waals surface area contributed by atoms with Crippen LogP contribution in [0.1, 0.15) is 23.2 Å². The van der Waals surface area contributed by atoms with Crippen LogP contribution < -0.4 is 5.32 Å². The number of hydrogen-bond acceptors (Lipinski definition) is 2. The molecule has 5 heteroatoms. The first-order chi connectivity index (χ1) is 8.63. The summed E-state index contributed by atoms with van der Waals surface area (Å²) in [6, 6.07) is 4.65. The van der Waals surface area contributed by atoms with Gasteiger partial charge in [0.1, 0.15) is 5.82 Å². The molecule has 1 heterocycles. The first-order valence-corrected chi connectivity index (χ1v) is 6.83. The minimum Gasteiger partial charge on any atom is -0.334 e. The molecule has 1 aliphatic heterocycles. The second-order valence-electron chi connectivity index (χ2n) is 4.48. The number of carbonyl (C=O) groups excluding carboxylic acids is 1. The van der Waals surface area contributed by atoms with E-state index >= 15 is 0 Å². The van der Waals surface area contributed by atoms with E-state index in [1.807, 2.05) is 11.9 Å². The molecule has 0 radical (unpaired) electrons. The summed E-state index contributed by atoms with van der Waals surface area (Å²) in [7, 11) is 1.88. The zero-order valence-electron chi connectivity index (χ0n) is 10.2. The maximum absolute atomic E-state index is 13.2. The van der Waals surface area contributed by atoms with Crippen LogP contribution in [0.3, 0.4) is 0 Å². The molecule has 2 rings (SSSR count). The summed E-state index contributed by atoms with van der Waals surface area (Å²) in [6.07, 6.45) is 2.05. The third-order valence-electron chi connectivity index (χ3n) is 3.24. The van der Waals surface area contributed by atoms with Crippen molar-refractivity contribution in [1.82, 2.24) is 10.2 Å². The molecule has 0 bridgehead atoms. The molecule has 1 N–H and O–H groups in total. The number of halogens is 2. The van der Waals surface area contributed by atoms with Crippen molar-refractivity contribution < 1.29 is 9.18 Å². The highest BCUT2D eigenvalue weighted by Crippen LogP contribution is 2.22. The zero-order valence-corrected chi connectivity index (χ0v) is 11.8. The monoisotopic (exact) mass is 314 g/mol. The molecule has 1 atom stereocenters. The number of likely N-dealkylation sites (N-methyl/N-ethyl adjacent to an activating group) is 1. The van der Waals surface area contributed by atoms with Gasteiger partial charge in [0.2, 0.25) is 0 Å². The smallest absolute Gasteiger partial charge is 0.254 e. The lowest BCUT2D eigenvalue weighted by Crippen LogP contribution is -2.40. The van der Waals surface area contributed by atoms with Crippen molar-refractivity contribution in [2.24, 2.45) is 0 Å². The fraction of sp³-hybridized carbons (Fsp3) is 0.462. The number of nitrogens with one attached hydrogen (secondary N) is 1. The molecule has 1 amide bonds. The van der Waals surface area contributed by atoms with E-state index in [1.54, 1.807) is 6.07 Å². The summed E-state index contributed by atoms with van der Waals surface area (Å²) in [5, 5.41) is 3.10. The summed E-state index contributed by atoms with van der Waals surface area (Å²) >= 11 is 3.11. The normalized spacial score (nSPS) is 19.3. The van der Waals surface area contributed by atoms with E-state index in [0.29, 0.717) is 10.0 Å². The van der Waals surface area contributed by atoms with E-state index in [0.717, 1.165) is 25.9 Å². The summed E-state index contributed by atoms with van der Waals surface area (Å²) in [4.78, 5) is 14.2. The molecule has 0 aliphatic carbocycles. The topological polar surface area (TPSA) is 32.3 Å². The Morgan fingerprint density at radius 2 is 2.39 bits per heavy atom. The van der Waals surface area contributed by atoms with Crippen molar-refractivity contribution in [1.29, 1.82) is 0 Å². The molecule has 1 aliphatic rings. The van der Waals surface area contributed by atoms with E-state index < -0.39 is 0 Å². The van der Waals surface area contributed by atoms with Gasteiger partial charge < -0.3 is 10.2 Å². The van der Waals surface area contributed by atoms with Crippen LogP contribution in [0.5, 0.6) is 0 Å². The number of nitrogens with zero attached hydrogens (tertiary/aromatic N) is 1. The highest BCUT2D eigenvalue weighted by atomic mass is 79.9. The maximum atomic E-state index is 13.2. The predicted octanol–water partition coefficient (Wildman–Crippen LogP) is 2.41. The Bertz CT molecular complexity index is 453. The molecule has 1 saturated heterocycles. The lowest BCUT2D eigenvalue weighted by atomic mass is 10.1. The Balaban J connectivity index is 2.17. The van der Waals surface area contributed by atoms with Crippen LogP contribution in [0.2, 0.25) is 0 Å². The largest absolute Gasteiger partial charge is 0.334 e. The van der Waals surface area contributed by atoms with Gasteiger partial charge in [-0.1, -0.05) is 0 Å². The van der Waals surface area contributed by atoms with Crippen LogP contribution >= 0.6 is 15.9 Å². The van der Waals surface area contributed by atoms with Gasteiger partial charge in [0, 0.05) is 24.7 Å². The van der Waals surface area contributed by atoms with Gasteiger partial charge in [0.05, 0.1) is 4.47 Å². The average Bonchev–Trinajstić information content (AvgIpc) is 2.80. The Kier molecular flexibility index (Phi) is 4.35. The molecule has 0 aromatic heterocycles. The first kappa shape index (κ1) is 13.5. The van der Waals surface area contributed by atoms with Crippen molar-refractivity contribution in [3.05, 3.63) is 34.1 Å². The van der Waals surface area contributed by atoms with Crippen molar-refractivity contribution in [2.75, 3.05) is 20.1 Å². The van der Waals surface area contributed by atoms with Crippen molar-refractivity contribution in [2.45, 2.75) is 18.9 Å². The van der Waals surface area contributed by atoms with Crippen LogP contribution in [0.25, 0.3) is 0 Å². The highest BCUT2D eigenvalue weighted by molar-refractivity contribution is 9.10. The van der Waals surface area contributed by atoms with Crippen molar-refractivity contribution in [3.63, 3.8) is 0 Å². The highest BCUT2D eigenvalue weighted by Gasteiger charge is 2.28. The lowest BCUT2D eigenvalue weighted by Gasteiger charge is -2.24. The fourth-order valence-corrected chi connectivity index (χ4v) is 2.72. The van der Waals surface area contributed by atoms with Gasteiger partial charge in [-0.25, -0.2) is 4.39 Å². The van der Waals surface area contributed by atoms with Gasteiger partial charge in [0.25, 0.3) is 5.91 Å². The van der Waals surface area contributed by atoms with E-state index in [1.165, 1.54) is 12.1 Å². The molecule has 1 unspecified atom stereocenters. The van der Waals surface area contributed by atoms with Gasteiger partial charge in [-0.15, -0.1) is 0 Å². The Morgan fingerprint density at radius 3 is 3.06 bits per heavy atom. The number of likely N-dealkylation sites (tertiary alicyclic amines) is 1. The predicted molar refractivity (Wildman–Crippen MR) is 72.1 cm³/mol. The number of carbonyl (C=O) groups is 1. The number of hydrogen-bond donors (Lipinski definition) is 1. The van der Waals surface area contributed by atoms with Gasteiger partial charge in [-0.2, -0.15) is 0 Å². The summed E-state index contributed by atoms with van der Waals surface area (Å²) < 4.78 is 13.5. The Labute approximate surface area is 114 Å². The standard InChI is InChI=1S/C13H16BrFN2O/c1-16-8-10-3-2-6-17(10)13(18)9-4-5-12(15)11(14)7-9/h4-5,7,10,16H,2-3,6,8H2,1H3. The molecule has 98 valence electrons. The molecule has 0 spiro atoms. The van der Waals surface area contributed by atoms with Crippen molar-refractivity contribution >= 4 is 21.8 Å². The van der Waals surface area contributed by atoms with Gasteiger partial charge in [0.15, 0.2) is 0 Å². The minimum atomic E-state index is -0.347. The van der Waals surface area contributed by atoms with Gasteiger partial charge in [-0.05, 0) is 54.0 Å². The molecular weight excluding hydrogens is 299 g/mol. The lowest BCUT2D eigenvalue weighted by molar-refractivity contribution is 0.0737. The number of amides is 1. The molecule has 1 aromatic carbocycles. The van der Waals surface area contributed by atoms with E-state index in [4.69, 9.17) is 0 Å². The summed E-state index contributed by atoms with van der Waals surface area (Å²) in [5.41, 5.74) is 0.534. The van der Waals surface area contributed by atoms with E-state index in [-0.39, 0.29) is 17.8 Å². The minimum absolute atomic E-state index is 0.0200. The second kappa shape index (κ2) is 5.80. The Morgan fingerprint density at radius 1 is 1.61 bits per heavy atom. The average molecular weight is 315 g/mol. The quantitative estimate of drug-likeness (QED) is 0.929. The zero-order chi connectivity index (χ0) is 13.1. The number of benzene rings is 1. The third kappa shape index (κ3) is 2.72. The molecule has 1 aromatic rings. The second-order valence-corrected chi connectivity index (χ2v) is 5.34.